The number of amides is 1. The molecule has 1 atom stereocenters. The second-order valence-corrected chi connectivity index (χ2v) is 7.96. The zero-order valence-corrected chi connectivity index (χ0v) is 19.4. The van der Waals surface area contributed by atoms with Crippen molar-refractivity contribution in [3.05, 3.63) is 77.6 Å². The van der Waals surface area contributed by atoms with Gasteiger partial charge in [-0.05, 0) is 29.8 Å². The molecular formula is C24H26N8O4. The third-order valence-electron chi connectivity index (χ3n) is 5.36. The van der Waals surface area contributed by atoms with Gasteiger partial charge in [0.05, 0.1) is 18.4 Å². The van der Waals surface area contributed by atoms with Gasteiger partial charge in [0.25, 0.3) is 5.91 Å². The van der Waals surface area contributed by atoms with Crippen molar-refractivity contribution in [1.29, 1.82) is 0 Å². The molecule has 2 aromatic carbocycles. The molecule has 0 saturated heterocycles. The van der Waals surface area contributed by atoms with Crippen molar-refractivity contribution in [2.45, 2.75) is 19.0 Å². The highest BCUT2D eigenvalue weighted by molar-refractivity contribution is 5.97. The summed E-state index contributed by atoms with van der Waals surface area (Å²) in [6.07, 6.45) is 1.78. The number of carbonyl (C=O) groups excluding carboxylic acids is 1. The van der Waals surface area contributed by atoms with Crippen molar-refractivity contribution in [3.63, 3.8) is 0 Å². The number of rotatable bonds is 8. The largest absolute Gasteiger partial charge is 0.480 e. The molecule has 4 rings (SSSR count). The zero-order valence-electron chi connectivity index (χ0n) is 19.4. The standard InChI is InChI=1S/C24H24N8O3.H2O/c1-32(13-16-12-27-21-19(28-16)20(25)30-24(26)31-21)17-9-7-15(8-10-17)22(33)29-18(23(34)35)11-14-5-3-2-4-6-14;/h2-10,12,18H,11,13H2,1H3,(H,29,33)(H,34,35)(H4,25,26,27,30,31);1H2/t18-;/m0./s1. The normalized spacial score (nSPS) is 11.4. The number of aromatic nitrogens is 4. The smallest absolute Gasteiger partial charge is 0.326 e. The predicted molar refractivity (Wildman–Crippen MR) is 135 cm³/mol. The quantitative estimate of drug-likeness (QED) is 0.273. The molecule has 8 N–H and O–H groups in total. The molecule has 0 aliphatic heterocycles. The number of nitrogens with zero attached hydrogens (tertiary/aromatic N) is 5. The molecule has 4 aromatic rings. The molecule has 0 unspecified atom stereocenters. The maximum atomic E-state index is 12.7. The van der Waals surface area contributed by atoms with Crippen molar-refractivity contribution in [3.8, 4) is 0 Å². The van der Waals surface area contributed by atoms with Crippen molar-refractivity contribution in [2.75, 3.05) is 23.4 Å². The lowest BCUT2D eigenvalue weighted by atomic mass is 10.1. The first kappa shape index (κ1) is 25.8. The second kappa shape index (κ2) is 11.1. The van der Waals surface area contributed by atoms with Crippen molar-refractivity contribution >= 4 is 40.5 Å². The molecule has 2 heterocycles. The Bertz CT molecular complexity index is 1370. The summed E-state index contributed by atoms with van der Waals surface area (Å²) in [6, 6.07) is 14.9. The van der Waals surface area contributed by atoms with Crippen LogP contribution in [-0.2, 0) is 17.8 Å². The Morgan fingerprint density at radius 3 is 2.39 bits per heavy atom. The zero-order chi connectivity index (χ0) is 24.9. The third-order valence-corrected chi connectivity index (χ3v) is 5.36. The van der Waals surface area contributed by atoms with Crippen LogP contribution in [0.25, 0.3) is 11.2 Å². The second-order valence-electron chi connectivity index (χ2n) is 7.96. The Balaban J connectivity index is 0.00000361. The summed E-state index contributed by atoms with van der Waals surface area (Å²) in [7, 11) is 1.87. The minimum Gasteiger partial charge on any atom is -0.480 e. The highest BCUT2D eigenvalue weighted by Crippen LogP contribution is 2.19. The maximum Gasteiger partial charge on any atom is 0.326 e. The number of carbonyl (C=O) groups is 2. The molecule has 186 valence electrons. The minimum atomic E-state index is -1.09. The number of anilines is 3. The molecule has 1 amide bonds. The number of fused-ring (bicyclic) bond motifs is 1. The average Bonchev–Trinajstić information content (AvgIpc) is 2.84. The lowest BCUT2D eigenvalue weighted by Crippen LogP contribution is -2.42. The van der Waals surface area contributed by atoms with Crippen LogP contribution in [0.3, 0.4) is 0 Å². The fourth-order valence-corrected chi connectivity index (χ4v) is 3.55. The van der Waals surface area contributed by atoms with Crippen LogP contribution in [0.15, 0.2) is 60.8 Å². The van der Waals surface area contributed by atoms with E-state index in [9.17, 15) is 14.7 Å². The van der Waals surface area contributed by atoms with E-state index in [0.717, 1.165) is 11.3 Å². The molecule has 36 heavy (non-hydrogen) atoms. The Labute approximate surface area is 206 Å². The van der Waals surface area contributed by atoms with E-state index in [0.29, 0.717) is 29.0 Å². The number of carboxylic acid groups (broad SMARTS) is 1. The van der Waals surface area contributed by atoms with Crippen LogP contribution in [0, 0.1) is 0 Å². The summed E-state index contributed by atoms with van der Waals surface area (Å²) < 4.78 is 0. The number of nitrogens with two attached hydrogens (primary N) is 2. The maximum absolute atomic E-state index is 12.7. The average molecular weight is 491 g/mol. The van der Waals surface area contributed by atoms with E-state index in [2.05, 4.69) is 25.3 Å². The summed E-state index contributed by atoms with van der Waals surface area (Å²) in [5.74, 6) is -1.36. The molecule has 0 bridgehead atoms. The van der Waals surface area contributed by atoms with E-state index in [4.69, 9.17) is 11.5 Å². The van der Waals surface area contributed by atoms with E-state index < -0.39 is 17.9 Å². The minimum absolute atomic E-state index is 0. The number of carboxylic acids is 1. The molecule has 12 heteroatoms. The topological polar surface area (TPSA) is 205 Å². The van der Waals surface area contributed by atoms with Crippen molar-refractivity contribution in [2.24, 2.45) is 0 Å². The molecule has 0 aliphatic carbocycles. The van der Waals surface area contributed by atoms with Gasteiger partial charge in [0.15, 0.2) is 17.0 Å². The predicted octanol–water partition coefficient (Wildman–Crippen LogP) is 0.822. The van der Waals surface area contributed by atoms with Gasteiger partial charge in [-0.15, -0.1) is 0 Å². The first-order chi connectivity index (χ1) is 16.8. The highest BCUT2D eigenvalue weighted by atomic mass is 16.4. The highest BCUT2D eigenvalue weighted by Gasteiger charge is 2.21. The van der Waals surface area contributed by atoms with Crippen molar-refractivity contribution < 1.29 is 20.2 Å². The van der Waals surface area contributed by atoms with Crippen LogP contribution in [0.2, 0.25) is 0 Å². The van der Waals surface area contributed by atoms with E-state index >= 15 is 0 Å². The summed E-state index contributed by atoms with van der Waals surface area (Å²) in [5, 5.41) is 12.1. The number of hydrogen-bond donors (Lipinski definition) is 4. The van der Waals surface area contributed by atoms with Gasteiger partial charge in [-0.2, -0.15) is 9.97 Å². The molecule has 0 saturated carbocycles. The number of aliphatic carboxylic acids is 1. The van der Waals surface area contributed by atoms with Crippen LogP contribution >= 0.6 is 0 Å². The van der Waals surface area contributed by atoms with E-state index in [-0.39, 0.29) is 23.7 Å². The summed E-state index contributed by atoms with van der Waals surface area (Å²) in [4.78, 5) is 42.9. The van der Waals surface area contributed by atoms with Gasteiger partial charge in [0, 0.05) is 24.7 Å². The summed E-state index contributed by atoms with van der Waals surface area (Å²) in [5.41, 5.74) is 14.8. The van der Waals surface area contributed by atoms with E-state index in [1.165, 1.54) is 0 Å². The van der Waals surface area contributed by atoms with Crippen LogP contribution in [0.5, 0.6) is 0 Å². The first-order valence-corrected chi connectivity index (χ1v) is 10.7. The van der Waals surface area contributed by atoms with Gasteiger partial charge in [-0.3, -0.25) is 4.79 Å². The van der Waals surface area contributed by atoms with Crippen LogP contribution < -0.4 is 21.7 Å². The lowest BCUT2D eigenvalue weighted by Gasteiger charge is -2.19. The SMILES string of the molecule is CN(Cc1cnc2nc(N)nc(N)c2n1)c1ccc(C(=O)N[C@@H](Cc2ccccc2)C(=O)O)cc1.O. The number of nitrogens with one attached hydrogen (secondary N) is 1. The molecular weight excluding hydrogens is 464 g/mol. The molecule has 2 aromatic heterocycles. The van der Waals surface area contributed by atoms with Crippen LogP contribution in [0.4, 0.5) is 17.5 Å². The molecule has 0 radical (unpaired) electrons. The van der Waals surface area contributed by atoms with Gasteiger partial charge in [0.1, 0.15) is 6.04 Å². The summed E-state index contributed by atoms with van der Waals surface area (Å²) in [6.45, 7) is 0.413. The van der Waals surface area contributed by atoms with Gasteiger partial charge >= 0.3 is 5.97 Å². The fraction of sp³-hybridized carbons (Fsp3) is 0.167. The Kier molecular flexibility index (Phi) is 7.92. The van der Waals surface area contributed by atoms with Crippen molar-refractivity contribution in [1.82, 2.24) is 25.3 Å². The van der Waals surface area contributed by atoms with E-state index in [1.54, 1.807) is 30.5 Å². The molecule has 0 fully saturated rings. The van der Waals surface area contributed by atoms with Crippen LogP contribution in [0.1, 0.15) is 21.6 Å². The first-order valence-electron chi connectivity index (χ1n) is 10.7. The molecule has 0 spiro atoms. The molecule has 12 nitrogen and oxygen atoms in total. The van der Waals surface area contributed by atoms with Gasteiger partial charge in [-0.25, -0.2) is 14.8 Å². The Morgan fingerprint density at radius 1 is 1.03 bits per heavy atom. The van der Waals surface area contributed by atoms with Gasteiger partial charge in [0.2, 0.25) is 5.95 Å². The molecule has 0 aliphatic rings. The fourth-order valence-electron chi connectivity index (χ4n) is 3.55. The van der Waals surface area contributed by atoms with E-state index in [1.807, 2.05) is 42.3 Å². The number of hydrogen-bond acceptors (Lipinski definition) is 9. The summed E-state index contributed by atoms with van der Waals surface area (Å²) >= 11 is 0. The Morgan fingerprint density at radius 2 is 1.72 bits per heavy atom. The van der Waals surface area contributed by atoms with Crippen LogP contribution in [-0.4, -0.2) is 55.5 Å². The third kappa shape index (κ3) is 5.98. The number of nitrogen functional groups attached to an aromatic ring is 2. The van der Waals surface area contributed by atoms with Gasteiger partial charge in [-0.1, -0.05) is 30.3 Å². The van der Waals surface area contributed by atoms with Gasteiger partial charge < -0.3 is 32.3 Å². The monoisotopic (exact) mass is 490 g/mol. The number of benzene rings is 2. The lowest BCUT2D eigenvalue weighted by molar-refractivity contribution is -0.139. The Hall–Kier alpha value is -4.84.